The number of carbonyl (C=O) groups excluding carboxylic acids is 1. The summed E-state index contributed by atoms with van der Waals surface area (Å²) < 4.78 is 27.9. The van der Waals surface area contributed by atoms with E-state index in [2.05, 4.69) is 5.32 Å². The molecule has 1 amide bonds. The number of halogens is 1. The van der Waals surface area contributed by atoms with Crippen LogP contribution in [0.1, 0.15) is 33.3 Å². The quantitative estimate of drug-likeness (QED) is 0.655. The van der Waals surface area contributed by atoms with Crippen LogP contribution in [0.4, 0.5) is 5.69 Å². The van der Waals surface area contributed by atoms with Crippen LogP contribution in [0.15, 0.2) is 53.4 Å². The molecule has 0 heterocycles. The number of amides is 1. The molecular weight excluding hydrogens is 408 g/mol. The van der Waals surface area contributed by atoms with Crippen LogP contribution in [0.5, 0.6) is 0 Å². The maximum atomic E-state index is 13.4. The fourth-order valence-corrected chi connectivity index (χ4v) is 4.95. The van der Waals surface area contributed by atoms with Crippen molar-refractivity contribution in [1.82, 2.24) is 5.32 Å². The van der Waals surface area contributed by atoms with Gasteiger partial charge in [0.1, 0.15) is 6.54 Å². The molecule has 2 rings (SSSR count). The average molecular weight is 437 g/mol. The number of hydrogen-bond donors (Lipinski definition) is 1. The van der Waals surface area contributed by atoms with Crippen LogP contribution in [0.2, 0.25) is 5.02 Å². The Labute approximate surface area is 179 Å². The summed E-state index contributed by atoms with van der Waals surface area (Å²) in [6, 6.07) is 13.0. The summed E-state index contributed by atoms with van der Waals surface area (Å²) in [5.74, 6) is 0.135. The summed E-state index contributed by atoms with van der Waals surface area (Å²) in [4.78, 5) is 12.9. The zero-order valence-corrected chi connectivity index (χ0v) is 19.1. The van der Waals surface area contributed by atoms with Gasteiger partial charge in [0.2, 0.25) is 5.91 Å². The van der Waals surface area contributed by atoms with Crippen molar-refractivity contribution in [3.63, 3.8) is 0 Å². The standard InChI is InChI=1S/C22H29ClN2O3S/c1-15(2)22(16(3)4)24-21(26)14-25(20-9-7-6-8-17(20)5)29(27,28)19-12-10-18(23)11-13-19/h6-13,15-16,22H,14H2,1-5H3,(H,24,26). The number of anilines is 1. The van der Waals surface area contributed by atoms with Crippen LogP contribution in [0.25, 0.3) is 0 Å². The van der Waals surface area contributed by atoms with Crippen molar-refractivity contribution in [2.45, 2.75) is 45.6 Å². The summed E-state index contributed by atoms with van der Waals surface area (Å²) >= 11 is 5.91. The van der Waals surface area contributed by atoms with Gasteiger partial charge in [0.25, 0.3) is 10.0 Å². The molecule has 5 nitrogen and oxygen atoms in total. The number of rotatable bonds is 8. The van der Waals surface area contributed by atoms with Gasteiger partial charge in [-0.1, -0.05) is 57.5 Å². The number of aryl methyl sites for hydroxylation is 1. The Morgan fingerprint density at radius 2 is 1.55 bits per heavy atom. The third kappa shape index (κ3) is 5.73. The van der Waals surface area contributed by atoms with E-state index >= 15 is 0 Å². The van der Waals surface area contributed by atoms with Gasteiger partial charge in [0.05, 0.1) is 10.6 Å². The lowest BCUT2D eigenvalue weighted by molar-refractivity contribution is -0.121. The number of para-hydroxylation sites is 1. The normalized spacial score (nSPS) is 11.9. The molecule has 0 aromatic heterocycles. The van der Waals surface area contributed by atoms with Crippen LogP contribution in [-0.2, 0) is 14.8 Å². The van der Waals surface area contributed by atoms with Crippen molar-refractivity contribution in [3.05, 3.63) is 59.1 Å². The Morgan fingerprint density at radius 3 is 2.07 bits per heavy atom. The van der Waals surface area contributed by atoms with E-state index in [1.54, 1.807) is 12.1 Å². The largest absolute Gasteiger partial charge is 0.351 e. The van der Waals surface area contributed by atoms with Crippen molar-refractivity contribution in [2.75, 3.05) is 10.8 Å². The molecule has 0 unspecified atom stereocenters. The first-order valence-electron chi connectivity index (χ1n) is 9.67. The minimum absolute atomic E-state index is 0.0422. The highest BCUT2D eigenvalue weighted by Gasteiger charge is 2.29. The Kier molecular flexibility index (Phi) is 7.72. The number of sulfonamides is 1. The fraction of sp³-hybridized carbons (Fsp3) is 0.409. The number of nitrogens with one attached hydrogen (secondary N) is 1. The minimum Gasteiger partial charge on any atom is -0.351 e. The number of benzene rings is 2. The first-order chi connectivity index (χ1) is 13.5. The molecule has 29 heavy (non-hydrogen) atoms. The molecule has 2 aromatic rings. The molecule has 0 bridgehead atoms. The van der Waals surface area contributed by atoms with E-state index in [0.29, 0.717) is 10.7 Å². The molecule has 7 heteroatoms. The van der Waals surface area contributed by atoms with Crippen molar-refractivity contribution in [3.8, 4) is 0 Å². The summed E-state index contributed by atoms with van der Waals surface area (Å²) in [5, 5.41) is 3.45. The average Bonchev–Trinajstić information content (AvgIpc) is 2.64. The zero-order valence-electron chi connectivity index (χ0n) is 17.5. The molecule has 0 saturated heterocycles. The summed E-state index contributed by atoms with van der Waals surface area (Å²) in [6.07, 6.45) is 0. The Balaban J connectivity index is 2.42. The zero-order chi connectivity index (χ0) is 21.8. The third-order valence-electron chi connectivity index (χ3n) is 4.84. The molecule has 158 valence electrons. The topological polar surface area (TPSA) is 66.5 Å². The van der Waals surface area contributed by atoms with Gasteiger partial charge < -0.3 is 5.32 Å². The van der Waals surface area contributed by atoms with E-state index in [9.17, 15) is 13.2 Å². The van der Waals surface area contributed by atoms with E-state index in [1.807, 2.05) is 46.8 Å². The lowest BCUT2D eigenvalue weighted by Gasteiger charge is -2.29. The number of carbonyl (C=O) groups is 1. The lowest BCUT2D eigenvalue weighted by atomic mass is 9.93. The van der Waals surface area contributed by atoms with Gasteiger partial charge in [-0.3, -0.25) is 9.10 Å². The van der Waals surface area contributed by atoms with Crippen LogP contribution in [0.3, 0.4) is 0 Å². The predicted octanol–water partition coefficient (Wildman–Crippen LogP) is 4.64. The molecule has 0 aliphatic rings. The molecule has 0 aliphatic carbocycles. The van der Waals surface area contributed by atoms with Crippen LogP contribution < -0.4 is 9.62 Å². The van der Waals surface area contributed by atoms with E-state index in [4.69, 9.17) is 11.6 Å². The van der Waals surface area contributed by atoms with Gasteiger partial charge in [0, 0.05) is 11.1 Å². The molecule has 0 radical (unpaired) electrons. The second-order valence-corrected chi connectivity index (χ2v) is 10.1. The monoisotopic (exact) mass is 436 g/mol. The molecule has 1 N–H and O–H groups in total. The van der Waals surface area contributed by atoms with Gasteiger partial charge in [-0.2, -0.15) is 0 Å². The van der Waals surface area contributed by atoms with Crippen molar-refractivity contribution in [1.29, 1.82) is 0 Å². The molecule has 0 spiro atoms. The van der Waals surface area contributed by atoms with E-state index in [-0.39, 0.29) is 35.2 Å². The number of nitrogens with zero attached hydrogens (tertiary/aromatic N) is 1. The van der Waals surface area contributed by atoms with Crippen molar-refractivity contribution in [2.24, 2.45) is 11.8 Å². The molecule has 2 aromatic carbocycles. The molecule has 0 aliphatic heterocycles. The maximum absolute atomic E-state index is 13.4. The van der Waals surface area contributed by atoms with Crippen LogP contribution in [0, 0.1) is 18.8 Å². The summed E-state index contributed by atoms with van der Waals surface area (Å²) in [5.41, 5.74) is 1.24. The fourth-order valence-electron chi connectivity index (χ4n) is 3.34. The van der Waals surface area contributed by atoms with Gasteiger partial charge in [-0.15, -0.1) is 0 Å². The third-order valence-corrected chi connectivity index (χ3v) is 6.86. The van der Waals surface area contributed by atoms with Gasteiger partial charge in [-0.05, 0) is 54.7 Å². The maximum Gasteiger partial charge on any atom is 0.264 e. The molecule has 0 atom stereocenters. The minimum atomic E-state index is -3.95. The summed E-state index contributed by atoms with van der Waals surface area (Å²) in [6.45, 7) is 9.67. The highest BCUT2D eigenvalue weighted by atomic mass is 35.5. The lowest BCUT2D eigenvalue weighted by Crippen LogP contribution is -2.48. The number of hydrogen-bond acceptors (Lipinski definition) is 3. The van der Waals surface area contributed by atoms with Gasteiger partial charge >= 0.3 is 0 Å². The van der Waals surface area contributed by atoms with E-state index in [0.717, 1.165) is 5.56 Å². The Hall–Kier alpha value is -2.05. The Bertz CT molecular complexity index is 933. The second-order valence-electron chi connectivity index (χ2n) is 7.83. The van der Waals surface area contributed by atoms with Crippen LogP contribution in [-0.4, -0.2) is 26.9 Å². The highest BCUT2D eigenvalue weighted by molar-refractivity contribution is 7.92. The smallest absolute Gasteiger partial charge is 0.264 e. The van der Waals surface area contributed by atoms with Crippen molar-refractivity contribution < 1.29 is 13.2 Å². The predicted molar refractivity (Wildman–Crippen MR) is 119 cm³/mol. The van der Waals surface area contributed by atoms with Gasteiger partial charge in [0.15, 0.2) is 0 Å². The first-order valence-corrected chi connectivity index (χ1v) is 11.5. The highest BCUT2D eigenvalue weighted by Crippen LogP contribution is 2.27. The SMILES string of the molecule is Cc1ccccc1N(CC(=O)NC(C(C)C)C(C)C)S(=O)(=O)c1ccc(Cl)cc1. The van der Waals surface area contributed by atoms with E-state index in [1.165, 1.54) is 28.6 Å². The molecule has 0 saturated carbocycles. The van der Waals surface area contributed by atoms with E-state index < -0.39 is 10.0 Å². The van der Waals surface area contributed by atoms with Crippen molar-refractivity contribution >= 4 is 33.2 Å². The summed E-state index contributed by atoms with van der Waals surface area (Å²) in [7, 11) is -3.95. The molecular formula is C22H29ClN2O3S. The second kappa shape index (κ2) is 9.63. The Morgan fingerprint density at radius 1 is 1.00 bits per heavy atom. The first kappa shape index (κ1) is 23.2. The van der Waals surface area contributed by atoms with Gasteiger partial charge in [-0.25, -0.2) is 8.42 Å². The molecule has 0 fully saturated rings. The van der Waals surface area contributed by atoms with Crippen LogP contribution >= 0.6 is 11.6 Å².